The van der Waals surface area contributed by atoms with Gasteiger partial charge in [-0.25, -0.2) is 4.98 Å². The Morgan fingerprint density at radius 3 is 1.81 bits per heavy atom. The fraction of sp³-hybridized carbons (Fsp3) is 0.148. The first-order chi connectivity index (χ1) is 17.1. The lowest BCUT2D eigenvalue weighted by molar-refractivity contribution is -0.137. The number of hydrogen-bond acceptors (Lipinski definition) is 6. The molecule has 0 saturated carbocycles. The van der Waals surface area contributed by atoms with Gasteiger partial charge in [0, 0.05) is 16.9 Å². The van der Waals surface area contributed by atoms with Crippen LogP contribution in [0.25, 0.3) is 0 Å². The first kappa shape index (κ1) is 24.7. The second-order valence-corrected chi connectivity index (χ2v) is 8.39. The van der Waals surface area contributed by atoms with Crippen LogP contribution in [-0.2, 0) is 6.18 Å². The molecule has 9 heteroatoms. The van der Waals surface area contributed by atoms with E-state index in [-0.39, 0.29) is 11.4 Å². The molecule has 0 saturated heterocycles. The van der Waals surface area contributed by atoms with Gasteiger partial charge in [0.1, 0.15) is 5.69 Å². The van der Waals surface area contributed by atoms with Crippen molar-refractivity contribution in [3.63, 3.8) is 0 Å². The lowest BCUT2D eigenvalue weighted by Gasteiger charge is -2.17. The molecule has 3 aromatic carbocycles. The predicted molar refractivity (Wildman–Crippen MR) is 138 cm³/mol. The van der Waals surface area contributed by atoms with E-state index in [1.54, 1.807) is 6.92 Å². The van der Waals surface area contributed by atoms with Crippen molar-refractivity contribution in [1.82, 2.24) is 4.98 Å². The van der Waals surface area contributed by atoms with Crippen LogP contribution in [0.2, 0.25) is 0 Å². The Hall–Kier alpha value is -4.40. The number of nitrogen functional groups attached to an aromatic ring is 1. The summed E-state index contributed by atoms with van der Waals surface area (Å²) in [5, 5.41) is 14.5. The molecule has 0 radical (unpaired) electrons. The number of pyridine rings is 1. The molecule has 4 aromatic rings. The first-order valence-electron chi connectivity index (χ1n) is 11.2. The molecule has 0 aliphatic heterocycles. The van der Waals surface area contributed by atoms with Crippen LogP contribution in [0.3, 0.4) is 0 Å². The normalized spacial score (nSPS) is 11.6. The molecule has 184 valence electrons. The number of anilines is 5. The fourth-order valence-corrected chi connectivity index (χ4v) is 3.46. The maximum Gasteiger partial charge on any atom is 0.418 e. The number of nitrogens with one attached hydrogen (secondary N) is 2. The van der Waals surface area contributed by atoms with E-state index in [1.165, 1.54) is 18.2 Å². The molecule has 0 fully saturated rings. The van der Waals surface area contributed by atoms with Gasteiger partial charge in [-0.2, -0.15) is 13.2 Å². The molecule has 4 N–H and O–H groups in total. The summed E-state index contributed by atoms with van der Waals surface area (Å²) >= 11 is 0. The van der Waals surface area contributed by atoms with Crippen molar-refractivity contribution in [2.45, 2.75) is 26.9 Å². The van der Waals surface area contributed by atoms with Crippen LogP contribution in [-0.4, -0.2) is 4.98 Å². The monoisotopic (exact) mass is 490 g/mol. The predicted octanol–water partition coefficient (Wildman–Crippen LogP) is 8.51. The van der Waals surface area contributed by atoms with Crippen molar-refractivity contribution >= 4 is 40.1 Å². The average molecular weight is 491 g/mol. The molecule has 6 nitrogen and oxygen atoms in total. The Balaban J connectivity index is 1.79. The van der Waals surface area contributed by atoms with Crippen LogP contribution in [0.4, 0.5) is 53.2 Å². The van der Waals surface area contributed by atoms with Gasteiger partial charge >= 0.3 is 6.18 Å². The van der Waals surface area contributed by atoms with E-state index in [4.69, 9.17) is 5.73 Å². The topological polar surface area (TPSA) is 87.7 Å². The zero-order valence-electron chi connectivity index (χ0n) is 20.0. The van der Waals surface area contributed by atoms with E-state index in [2.05, 4.69) is 25.8 Å². The molecule has 36 heavy (non-hydrogen) atoms. The molecule has 4 rings (SSSR count). The van der Waals surface area contributed by atoms with Gasteiger partial charge in [0.05, 0.1) is 16.9 Å². The highest BCUT2D eigenvalue weighted by atomic mass is 19.4. The van der Waals surface area contributed by atoms with E-state index in [0.29, 0.717) is 22.9 Å². The highest BCUT2D eigenvalue weighted by Crippen LogP contribution is 2.41. The summed E-state index contributed by atoms with van der Waals surface area (Å²) in [4.78, 5) is 4.63. The van der Waals surface area contributed by atoms with Crippen molar-refractivity contribution in [3.05, 3.63) is 95.1 Å². The van der Waals surface area contributed by atoms with Crippen LogP contribution in [0.15, 0.2) is 83.0 Å². The van der Waals surface area contributed by atoms with Gasteiger partial charge in [-0.15, -0.1) is 10.2 Å². The lowest BCUT2D eigenvalue weighted by atomic mass is 10.1. The van der Waals surface area contributed by atoms with E-state index < -0.39 is 11.7 Å². The van der Waals surface area contributed by atoms with Crippen molar-refractivity contribution in [3.8, 4) is 0 Å². The maximum absolute atomic E-state index is 13.4. The van der Waals surface area contributed by atoms with Gasteiger partial charge in [-0.1, -0.05) is 47.5 Å². The zero-order chi connectivity index (χ0) is 25.9. The minimum atomic E-state index is -4.56. The Morgan fingerprint density at radius 1 is 0.722 bits per heavy atom. The summed E-state index contributed by atoms with van der Waals surface area (Å²) in [6.07, 6.45) is -4.56. The third-order valence-corrected chi connectivity index (χ3v) is 5.56. The van der Waals surface area contributed by atoms with E-state index in [9.17, 15) is 13.2 Å². The van der Waals surface area contributed by atoms with Crippen molar-refractivity contribution in [1.29, 1.82) is 0 Å². The molecule has 0 unspecified atom stereocenters. The SMILES string of the molecule is Cc1ccc(Nc2nc(Nc3ccc(C)cc3)c(N=Nc3ccccc3C(F)(F)F)c(C)c2N)cc1. The number of nitrogens with two attached hydrogens (primary N) is 1. The number of aryl methyl sites for hydroxylation is 2. The molecular formula is C27H25F3N6. The number of aromatic nitrogens is 1. The minimum absolute atomic E-state index is 0.236. The van der Waals surface area contributed by atoms with Gasteiger partial charge in [0.25, 0.3) is 0 Å². The molecule has 0 bridgehead atoms. The number of rotatable bonds is 6. The van der Waals surface area contributed by atoms with Gasteiger partial charge in [0.2, 0.25) is 0 Å². The highest BCUT2D eigenvalue weighted by molar-refractivity contribution is 5.83. The van der Waals surface area contributed by atoms with Crippen molar-refractivity contribution < 1.29 is 13.2 Å². The molecule has 0 amide bonds. The molecule has 0 atom stereocenters. The second-order valence-electron chi connectivity index (χ2n) is 8.39. The Morgan fingerprint density at radius 2 is 1.25 bits per heavy atom. The summed E-state index contributed by atoms with van der Waals surface area (Å²) in [6.45, 7) is 5.68. The van der Waals surface area contributed by atoms with Crippen molar-refractivity contribution in [2.75, 3.05) is 16.4 Å². The molecular weight excluding hydrogens is 465 g/mol. The van der Waals surface area contributed by atoms with Crippen LogP contribution in [0.1, 0.15) is 22.3 Å². The number of hydrogen-bond donors (Lipinski definition) is 3. The van der Waals surface area contributed by atoms with Crippen molar-refractivity contribution in [2.24, 2.45) is 10.2 Å². The van der Waals surface area contributed by atoms with E-state index in [1.807, 2.05) is 62.4 Å². The highest BCUT2D eigenvalue weighted by Gasteiger charge is 2.33. The van der Waals surface area contributed by atoms with Gasteiger partial charge < -0.3 is 16.4 Å². The summed E-state index contributed by atoms with van der Waals surface area (Å²) in [6, 6.07) is 20.3. The first-order valence-corrected chi connectivity index (χ1v) is 11.2. The second kappa shape index (κ2) is 10.1. The summed E-state index contributed by atoms with van der Waals surface area (Å²) in [7, 11) is 0. The number of azo groups is 1. The number of alkyl halides is 3. The zero-order valence-corrected chi connectivity index (χ0v) is 20.0. The number of benzene rings is 3. The minimum Gasteiger partial charge on any atom is -0.395 e. The summed E-state index contributed by atoms with van der Waals surface area (Å²) in [5.74, 6) is 0.689. The third kappa shape index (κ3) is 5.63. The third-order valence-electron chi connectivity index (χ3n) is 5.56. The van der Waals surface area contributed by atoms with E-state index in [0.717, 1.165) is 28.6 Å². The van der Waals surface area contributed by atoms with E-state index >= 15 is 0 Å². The smallest absolute Gasteiger partial charge is 0.395 e. The molecule has 1 heterocycles. The number of halogens is 3. The Kier molecular flexibility index (Phi) is 6.91. The average Bonchev–Trinajstić information content (AvgIpc) is 2.84. The Bertz CT molecular complexity index is 1400. The van der Waals surface area contributed by atoms with Crippen LogP contribution in [0, 0.1) is 20.8 Å². The fourth-order valence-electron chi connectivity index (χ4n) is 3.46. The quantitative estimate of drug-likeness (QED) is 0.236. The Labute approximate surface area is 207 Å². The molecule has 0 spiro atoms. The maximum atomic E-state index is 13.4. The standard InChI is InChI=1S/C27H25F3N6/c1-16-8-12-19(13-9-16)32-25-23(31)18(3)24(26(34-25)33-20-14-10-17(2)11-15-20)36-35-22-7-5-4-6-21(22)27(28,29)30/h4-15H,31H2,1-3H3,(H2,32,33,34). The molecule has 0 aliphatic carbocycles. The van der Waals surface area contributed by atoms with Gasteiger partial charge in [-0.3, -0.25) is 0 Å². The lowest BCUT2D eigenvalue weighted by Crippen LogP contribution is -2.05. The summed E-state index contributed by atoms with van der Waals surface area (Å²) in [5.41, 5.74) is 9.96. The molecule has 0 aliphatic rings. The van der Waals surface area contributed by atoms with Crippen LogP contribution < -0.4 is 16.4 Å². The van der Waals surface area contributed by atoms with Crippen LogP contribution in [0.5, 0.6) is 0 Å². The largest absolute Gasteiger partial charge is 0.418 e. The summed E-state index contributed by atoms with van der Waals surface area (Å²) < 4.78 is 40.3. The molecule has 1 aromatic heterocycles. The van der Waals surface area contributed by atoms with Gasteiger partial charge in [0.15, 0.2) is 11.6 Å². The number of nitrogens with zero attached hydrogens (tertiary/aromatic N) is 3. The van der Waals surface area contributed by atoms with Gasteiger partial charge in [-0.05, 0) is 57.2 Å². The van der Waals surface area contributed by atoms with Crippen LogP contribution >= 0.6 is 0 Å².